The van der Waals surface area contributed by atoms with E-state index in [1.54, 1.807) is 42.5 Å². The molecule has 1 saturated heterocycles. The molecule has 10 heteroatoms. The van der Waals surface area contributed by atoms with Crippen molar-refractivity contribution in [1.29, 1.82) is 0 Å². The van der Waals surface area contributed by atoms with Crippen LogP contribution in [0, 0.1) is 13.8 Å². The Balaban J connectivity index is 1.51. The Kier molecular flexibility index (Phi) is 7.89. The first kappa shape index (κ1) is 26.3. The maximum atomic E-state index is 13.0. The number of aryl methyl sites for hydroxylation is 2. The van der Waals surface area contributed by atoms with Crippen LogP contribution >= 0.6 is 31.9 Å². The number of nitrogens with one attached hydrogen (secondary N) is 2. The summed E-state index contributed by atoms with van der Waals surface area (Å²) in [7, 11) is 0. The number of benzene rings is 3. The monoisotopic (exact) mass is 625 g/mol. The summed E-state index contributed by atoms with van der Waals surface area (Å²) in [5.74, 6) is -1.49. The van der Waals surface area contributed by atoms with Crippen molar-refractivity contribution in [1.82, 2.24) is 5.32 Å². The lowest BCUT2D eigenvalue weighted by Crippen LogP contribution is -2.54. The van der Waals surface area contributed by atoms with Crippen molar-refractivity contribution < 1.29 is 23.9 Å². The van der Waals surface area contributed by atoms with Crippen LogP contribution in [0.2, 0.25) is 0 Å². The average molecular weight is 627 g/mol. The van der Waals surface area contributed by atoms with Gasteiger partial charge in [0.25, 0.3) is 17.7 Å². The van der Waals surface area contributed by atoms with Gasteiger partial charge in [0.1, 0.15) is 11.3 Å². The molecule has 37 heavy (non-hydrogen) atoms. The zero-order valence-electron chi connectivity index (χ0n) is 19.8. The summed E-state index contributed by atoms with van der Waals surface area (Å²) in [6.45, 7) is 3.65. The van der Waals surface area contributed by atoms with E-state index in [0.29, 0.717) is 31.6 Å². The Bertz CT molecular complexity index is 1430. The lowest BCUT2D eigenvalue weighted by molar-refractivity contribution is -0.122. The van der Waals surface area contributed by atoms with Crippen molar-refractivity contribution >= 4 is 73.1 Å². The fraction of sp³-hybridized carbons (Fsp3) is 0.111. The SMILES string of the molecule is Cc1ccc(NC(=O)COc2c(Br)cc(/C=C3/C(=O)NC(=O)N(c4ccccc4)C3=O)cc2Br)c(C)c1. The van der Waals surface area contributed by atoms with Crippen LogP contribution in [0.25, 0.3) is 6.08 Å². The quantitative estimate of drug-likeness (QED) is 0.277. The Morgan fingerprint density at radius 3 is 2.32 bits per heavy atom. The van der Waals surface area contributed by atoms with Gasteiger partial charge in [0.05, 0.1) is 14.6 Å². The van der Waals surface area contributed by atoms with Gasteiger partial charge in [0, 0.05) is 5.69 Å². The van der Waals surface area contributed by atoms with E-state index in [9.17, 15) is 19.2 Å². The minimum atomic E-state index is -0.816. The maximum Gasteiger partial charge on any atom is 0.335 e. The summed E-state index contributed by atoms with van der Waals surface area (Å²) < 4.78 is 6.70. The Morgan fingerprint density at radius 2 is 1.68 bits per heavy atom. The van der Waals surface area contributed by atoms with Gasteiger partial charge in [-0.2, -0.15) is 0 Å². The summed E-state index contributed by atoms with van der Waals surface area (Å²) in [6, 6.07) is 16.5. The number of carbonyl (C=O) groups is 4. The second-order valence-corrected chi connectivity index (χ2v) is 9.97. The molecule has 1 aliphatic heterocycles. The van der Waals surface area contributed by atoms with Gasteiger partial charge in [-0.15, -0.1) is 0 Å². The highest BCUT2D eigenvalue weighted by Gasteiger charge is 2.36. The highest BCUT2D eigenvalue weighted by atomic mass is 79.9. The minimum absolute atomic E-state index is 0.205. The largest absolute Gasteiger partial charge is 0.481 e. The van der Waals surface area contributed by atoms with E-state index in [1.807, 2.05) is 32.0 Å². The van der Waals surface area contributed by atoms with Gasteiger partial charge in [0.15, 0.2) is 6.61 Å². The normalized spacial score (nSPS) is 14.5. The third-order valence-electron chi connectivity index (χ3n) is 5.45. The summed E-state index contributed by atoms with van der Waals surface area (Å²) in [5.41, 5.74) is 3.38. The molecule has 1 aliphatic rings. The van der Waals surface area contributed by atoms with Crippen LogP contribution in [0.1, 0.15) is 16.7 Å². The number of hydrogen-bond donors (Lipinski definition) is 2. The van der Waals surface area contributed by atoms with Gasteiger partial charge in [-0.25, -0.2) is 9.69 Å². The van der Waals surface area contributed by atoms with Crippen LogP contribution in [-0.4, -0.2) is 30.4 Å². The van der Waals surface area contributed by atoms with Gasteiger partial charge >= 0.3 is 6.03 Å². The number of nitrogens with zero attached hydrogens (tertiary/aromatic N) is 1. The molecule has 2 N–H and O–H groups in total. The van der Waals surface area contributed by atoms with E-state index in [2.05, 4.69) is 42.5 Å². The first-order valence-electron chi connectivity index (χ1n) is 11.1. The fourth-order valence-electron chi connectivity index (χ4n) is 3.71. The van der Waals surface area contributed by atoms with Crippen LogP contribution in [0.3, 0.4) is 0 Å². The number of hydrogen-bond acceptors (Lipinski definition) is 5. The number of rotatable bonds is 6. The molecule has 5 amide bonds. The van der Waals surface area contributed by atoms with Crippen LogP contribution in [0.5, 0.6) is 5.75 Å². The predicted molar refractivity (Wildman–Crippen MR) is 147 cm³/mol. The van der Waals surface area contributed by atoms with Crippen molar-refractivity contribution in [2.24, 2.45) is 0 Å². The van der Waals surface area contributed by atoms with Crippen LogP contribution in [0.4, 0.5) is 16.2 Å². The van der Waals surface area contributed by atoms with E-state index >= 15 is 0 Å². The zero-order chi connectivity index (χ0) is 26.7. The molecule has 8 nitrogen and oxygen atoms in total. The highest BCUT2D eigenvalue weighted by molar-refractivity contribution is 9.11. The van der Waals surface area contributed by atoms with Crippen molar-refractivity contribution in [3.8, 4) is 5.75 Å². The number of ether oxygens (including phenoxy) is 1. The topological polar surface area (TPSA) is 105 Å². The van der Waals surface area contributed by atoms with Crippen LogP contribution in [0.15, 0.2) is 75.2 Å². The van der Waals surface area contributed by atoms with E-state index in [1.165, 1.54) is 6.08 Å². The number of anilines is 2. The molecule has 3 aromatic rings. The molecule has 1 heterocycles. The maximum absolute atomic E-state index is 13.0. The molecule has 0 aliphatic carbocycles. The Labute approximate surface area is 229 Å². The van der Waals surface area contributed by atoms with Gasteiger partial charge in [0.2, 0.25) is 0 Å². The lowest BCUT2D eigenvalue weighted by Gasteiger charge is -2.26. The second-order valence-electron chi connectivity index (χ2n) is 8.26. The molecule has 188 valence electrons. The average Bonchev–Trinajstić information content (AvgIpc) is 2.83. The molecule has 0 unspecified atom stereocenters. The van der Waals surface area contributed by atoms with Gasteiger partial charge in [-0.1, -0.05) is 35.9 Å². The number of urea groups is 1. The smallest absolute Gasteiger partial charge is 0.335 e. The molecule has 0 radical (unpaired) electrons. The number of imide groups is 2. The standard InChI is InChI=1S/C27H21Br2N3O5/c1-15-8-9-22(16(2)10-15)30-23(33)14-37-24-20(28)12-17(13-21(24)29)11-19-25(34)31-27(36)32(26(19)35)18-6-4-3-5-7-18/h3-13H,14H2,1-2H3,(H,30,33)(H,31,34,36)/b19-11-. The van der Waals surface area contributed by atoms with Gasteiger partial charge < -0.3 is 10.1 Å². The van der Waals surface area contributed by atoms with E-state index in [4.69, 9.17) is 4.74 Å². The number of carbonyl (C=O) groups excluding carboxylic acids is 4. The zero-order valence-corrected chi connectivity index (χ0v) is 23.0. The summed E-state index contributed by atoms with van der Waals surface area (Å²) >= 11 is 6.84. The molecule has 0 atom stereocenters. The van der Waals surface area contributed by atoms with Crippen molar-refractivity contribution in [3.05, 3.63) is 91.9 Å². The van der Waals surface area contributed by atoms with E-state index in [-0.39, 0.29) is 18.1 Å². The molecule has 0 aromatic heterocycles. The highest BCUT2D eigenvalue weighted by Crippen LogP contribution is 2.36. The summed E-state index contributed by atoms with van der Waals surface area (Å²) in [5, 5.41) is 5.02. The molecular weight excluding hydrogens is 606 g/mol. The Morgan fingerprint density at radius 1 is 1.00 bits per heavy atom. The molecule has 0 spiro atoms. The van der Waals surface area contributed by atoms with Crippen molar-refractivity contribution in [2.45, 2.75) is 13.8 Å². The predicted octanol–water partition coefficient (Wildman–Crippen LogP) is 5.51. The molecule has 3 aromatic carbocycles. The third kappa shape index (κ3) is 5.98. The van der Waals surface area contributed by atoms with Crippen LogP contribution < -0.4 is 20.3 Å². The van der Waals surface area contributed by atoms with E-state index < -0.39 is 17.8 Å². The molecule has 0 saturated carbocycles. The lowest BCUT2D eigenvalue weighted by atomic mass is 10.1. The minimum Gasteiger partial charge on any atom is -0.481 e. The fourth-order valence-corrected chi connectivity index (χ4v) is 5.17. The third-order valence-corrected chi connectivity index (χ3v) is 6.63. The van der Waals surface area contributed by atoms with Gasteiger partial charge in [-0.05, 0) is 93.2 Å². The second kappa shape index (κ2) is 11.1. The van der Waals surface area contributed by atoms with Crippen molar-refractivity contribution in [2.75, 3.05) is 16.8 Å². The number of amides is 5. The summed E-state index contributed by atoms with van der Waals surface area (Å²) in [4.78, 5) is 51.2. The van der Waals surface area contributed by atoms with Crippen molar-refractivity contribution in [3.63, 3.8) is 0 Å². The number of para-hydroxylation sites is 1. The first-order chi connectivity index (χ1) is 17.6. The molecule has 0 bridgehead atoms. The van der Waals surface area contributed by atoms with Crippen LogP contribution in [-0.2, 0) is 14.4 Å². The van der Waals surface area contributed by atoms with Gasteiger partial charge in [-0.3, -0.25) is 19.7 Å². The first-order valence-corrected chi connectivity index (χ1v) is 12.7. The summed E-state index contributed by atoms with van der Waals surface area (Å²) in [6.07, 6.45) is 1.38. The Hall–Kier alpha value is -3.76. The molecule has 4 rings (SSSR count). The van der Waals surface area contributed by atoms with E-state index in [0.717, 1.165) is 16.0 Å². The number of barbiturate groups is 1. The molecule has 1 fully saturated rings. The molecular formula is C27H21Br2N3O5. The number of halogens is 2.